The quantitative estimate of drug-likeness (QED) is 0.666. The molecule has 2 N–H and O–H groups in total. The zero-order valence-corrected chi connectivity index (χ0v) is 12.6. The first-order valence-corrected chi connectivity index (χ1v) is 6.82. The van der Waals surface area contributed by atoms with E-state index in [0.717, 1.165) is 0 Å². The Morgan fingerprint density at radius 1 is 1.10 bits per heavy atom. The third kappa shape index (κ3) is 3.97. The van der Waals surface area contributed by atoms with E-state index in [0.29, 0.717) is 26.9 Å². The lowest BCUT2D eigenvalue weighted by atomic mass is 10.1. The number of halogens is 2. The van der Waals surface area contributed by atoms with Gasteiger partial charge in [0, 0.05) is 21.2 Å². The van der Waals surface area contributed by atoms with Crippen molar-refractivity contribution in [2.24, 2.45) is 5.10 Å². The average Bonchev–Trinajstić information content (AvgIpc) is 2.47. The highest BCUT2D eigenvalue weighted by Crippen LogP contribution is 2.22. The lowest BCUT2D eigenvalue weighted by molar-refractivity contribution is 0.0955. The minimum Gasteiger partial charge on any atom is -0.507 e. The summed E-state index contributed by atoms with van der Waals surface area (Å²) in [5.74, 6) is -0.325. The summed E-state index contributed by atoms with van der Waals surface area (Å²) in [4.78, 5) is 11.9. The predicted molar refractivity (Wildman–Crippen MR) is 84.2 cm³/mol. The molecule has 2 aromatic carbocycles. The molecule has 0 atom stereocenters. The second-order valence-corrected chi connectivity index (χ2v) is 5.18. The summed E-state index contributed by atoms with van der Waals surface area (Å²) in [6, 6.07) is 11.0. The van der Waals surface area contributed by atoms with Crippen molar-refractivity contribution in [2.75, 3.05) is 0 Å². The molecule has 2 rings (SSSR count). The molecule has 0 unspecified atom stereocenters. The minimum absolute atomic E-state index is 0.0430. The fourth-order valence-corrected chi connectivity index (χ4v) is 1.96. The van der Waals surface area contributed by atoms with Crippen LogP contribution < -0.4 is 5.43 Å². The van der Waals surface area contributed by atoms with Gasteiger partial charge in [-0.15, -0.1) is 0 Å². The molecule has 21 heavy (non-hydrogen) atoms. The molecule has 0 saturated carbocycles. The van der Waals surface area contributed by atoms with Crippen LogP contribution in [0.2, 0.25) is 10.0 Å². The zero-order chi connectivity index (χ0) is 15.4. The first-order chi connectivity index (χ1) is 9.97. The Bertz CT molecular complexity index is 697. The first kappa shape index (κ1) is 15.4. The number of benzene rings is 2. The molecule has 6 heteroatoms. The molecule has 0 fully saturated rings. The molecular weight excluding hydrogens is 311 g/mol. The van der Waals surface area contributed by atoms with Crippen LogP contribution in [-0.4, -0.2) is 16.7 Å². The first-order valence-electron chi connectivity index (χ1n) is 6.06. The molecule has 0 aliphatic heterocycles. The van der Waals surface area contributed by atoms with Gasteiger partial charge < -0.3 is 5.11 Å². The second kappa shape index (κ2) is 6.61. The molecular formula is C15H12Cl2N2O2. The van der Waals surface area contributed by atoms with Crippen molar-refractivity contribution in [3.63, 3.8) is 0 Å². The van der Waals surface area contributed by atoms with Crippen molar-refractivity contribution in [1.82, 2.24) is 5.43 Å². The summed E-state index contributed by atoms with van der Waals surface area (Å²) >= 11 is 11.6. The Morgan fingerprint density at radius 2 is 1.71 bits per heavy atom. The number of rotatable bonds is 3. The van der Waals surface area contributed by atoms with Crippen LogP contribution in [0.3, 0.4) is 0 Å². The molecule has 0 aromatic heterocycles. The van der Waals surface area contributed by atoms with E-state index in [2.05, 4.69) is 10.5 Å². The molecule has 0 radical (unpaired) electrons. The van der Waals surface area contributed by atoms with E-state index in [1.165, 1.54) is 6.07 Å². The van der Waals surface area contributed by atoms with Crippen LogP contribution in [0, 0.1) is 0 Å². The van der Waals surface area contributed by atoms with Crippen molar-refractivity contribution in [3.8, 4) is 5.75 Å². The van der Waals surface area contributed by atoms with Gasteiger partial charge in [0.2, 0.25) is 0 Å². The predicted octanol–water partition coefficient (Wildman–Crippen LogP) is 3.85. The van der Waals surface area contributed by atoms with E-state index in [1.807, 2.05) is 0 Å². The van der Waals surface area contributed by atoms with Crippen molar-refractivity contribution >= 4 is 34.8 Å². The number of hydrogen-bond acceptors (Lipinski definition) is 3. The Hall–Kier alpha value is -2.04. The van der Waals surface area contributed by atoms with E-state index in [4.69, 9.17) is 23.2 Å². The maximum Gasteiger partial charge on any atom is 0.271 e. The maximum atomic E-state index is 11.9. The van der Waals surface area contributed by atoms with Gasteiger partial charge in [-0.25, -0.2) is 5.43 Å². The van der Waals surface area contributed by atoms with Crippen LogP contribution in [0.25, 0.3) is 0 Å². The molecule has 2 aromatic rings. The number of carbonyl (C=O) groups is 1. The highest BCUT2D eigenvalue weighted by Gasteiger charge is 2.08. The third-order valence-corrected chi connectivity index (χ3v) is 3.27. The van der Waals surface area contributed by atoms with Crippen molar-refractivity contribution in [2.45, 2.75) is 6.92 Å². The second-order valence-electron chi connectivity index (χ2n) is 4.31. The Labute approximate surface area is 132 Å². The summed E-state index contributed by atoms with van der Waals surface area (Å²) in [6.07, 6.45) is 0. The molecule has 0 aliphatic rings. The number of hydrazone groups is 1. The van der Waals surface area contributed by atoms with Crippen molar-refractivity contribution in [3.05, 3.63) is 63.6 Å². The highest BCUT2D eigenvalue weighted by atomic mass is 35.5. The van der Waals surface area contributed by atoms with E-state index < -0.39 is 0 Å². The van der Waals surface area contributed by atoms with Gasteiger partial charge in [-0.3, -0.25) is 4.79 Å². The average molecular weight is 323 g/mol. The Kier molecular flexibility index (Phi) is 4.83. The number of phenols is 1. The fourth-order valence-electron chi connectivity index (χ4n) is 1.66. The minimum atomic E-state index is -0.368. The lowest BCUT2D eigenvalue weighted by Crippen LogP contribution is -2.19. The largest absolute Gasteiger partial charge is 0.507 e. The molecule has 1 amide bonds. The van der Waals surface area contributed by atoms with Gasteiger partial charge in [0.1, 0.15) is 5.75 Å². The van der Waals surface area contributed by atoms with Gasteiger partial charge in [-0.2, -0.15) is 5.10 Å². The molecule has 0 heterocycles. The summed E-state index contributed by atoms with van der Waals surface area (Å²) in [5.41, 5.74) is 3.75. The number of amides is 1. The molecule has 108 valence electrons. The number of carbonyl (C=O) groups excluding carboxylic acids is 1. The molecule has 4 nitrogen and oxygen atoms in total. The number of hydrogen-bond donors (Lipinski definition) is 2. The molecule has 0 spiro atoms. The number of aromatic hydroxyl groups is 1. The number of nitrogens with one attached hydrogen (secondary N) is 1. The normalized spacial score (nSPS) is 11.3. The van der Waals surface area contributed by atoms with E-state index >= 15 is 0 Å². The van der Waals surface area contributed by atoms with E-state index in [1.54, 1.807) is 43.3 Å². The van der Waals surface area contributed by atoms with Crippen LogP contribution in [-0.2, 0) is 0 Å². The fraction of sp³-hybridized carbons (Fsp3) is 0.0667. The zero-order valence-electron chi connectivity index (χ0n) is 11.1. The Balaban J connectivity index is 2.14. The van der Waals surface area contributed by atoms with Crippen LogP contribution in [0.1, 0.15) is 22.8 Å². The van der Waals surface area contributed by atoms with Gasteiger partial charge in [-0.05, 0) is 49.4 Å². The van der Waals surface area contributed by atoms with Crippen LogP contribution in [0.4, 0.5) is 0 Å². The Morgan fingerprint density at radius 3 is 2.38 bits per heavy atom. The summed E-state index contributed by atoms with van der Waals surface area (Å²) in [5, 5.41) is 14.7. The summed E-state index contributed by atoms with van der Waals surface area (Å²) in [6.45, 7) is 1.66. The van der Waals surface area contributed by atoms with E-state index in [9.17, 15) is 9.90 Å². The lowest BCUT2D eigenvalue weighted by Gasteiger charge is -2.05. The van der Waals surface area contributed by atoms with Gasteiger partial charge in [0.15, 0.2) is 0 Å². The van der Waals surface area contributed by atoms with Gasteiger partial charge >= 0.3 is 0 Å². The van der Waals surface area contributed by atoms with Gasteiger partial charge in [-0.1, -0.05) is 23.2 Å². The van der Waals surface area contributed by atoms with E-state index in [-0.39, 0.29) is 11.7 Å². The number of nitrogens with zero attached hydrogens (tertiary/aromatic N) is 1. The van der Waals surface area contributed by atoms with Crippen molar-refractivity contribution in [1.29, 1.82) is 0 Å². The smallest absolute Gasteiger partial charge is 0.271 e. The van der Waals surface area contributed by atoms with Crippen LogP contribution in [0.15, 0.2) is 47.6 Å². The summed E-state index contributed by atoms with van der Waals surface area (Å²) < 4.78 is 0. The topological polar surface area (TPSA) is 61.7 Å². The maximum absolute atomic E-state index is 11.9. The summed E-state index contributed by atoms with van der Waals surface area (Å²) in [7, 11) is 0. The standard InChI is InChI=1S/C15H12Cl2N2O2/c1-9(13-8-12(17)6-7-14(13)20)18-19-15(21)10-2-4-11(16)5-3-10/h2-8,20H,1H3,(H,19,21)/b18-9+. The number of phenolic OH excluding ortho intramolecular Hbond substituents is 1. The van der Waals surface area contributed by atoms with Gasteiger partial charge in [0.25, 0.3) is 5.91 Å². The van der Waals surface area contributed by atoms with Crippen LogP contribution >= 0.6 is 23.2 Å². The SMILES string of the molecule is C/C(=N\NC(=O)c1ccc(Cl)cc1)c1cc(Cl)ccc1O. The van der Waals surface area contributed by atoms with Crippen molar-refractivity contribution < 1.29 is 9.90 Å². The monoisotopic (exact) mass is 322 g/mol. The third-order valence-electron chi connectivity index (χ3n) is 2.78. The van der Waals surface area contributed by atoms with Crippen LogP contribution in [0.5, 0.6) is 5.75 Å². The molecule has 0 saturated heterocycles. The highest BCUT2D eigenvalue weighted by molar-refractivity contribution is 6.31. The van der Waals surface area contributed by atoms with Gasteiger partial charge in [0.05, 0.1) is 5.71 Å². The molecule has 0 bridgehead atoms. The molecule has 0 aliphatic carbocycles.